The Morgan fingerprint density at radius 3 is 2.73 bits per heavy atom. The molecule has 1 heterocycles. The molecule has 0 amide bonds. The second-order valence-corrected chi connectivity index (χ2v) is 3.88. The van der Waals surface area contributed by atoms with Crippen LogP contribution in [-0.2, 0) is 4.74 Å². The lowest BCUT2D eigenvalue weighted by atomic mass is 10.2. The van der Waals surface area contributed by atoms with Gasteiger partial charge in [0.1, 0.15) is 3.70 Å². The lowest BCUT2D eigenvalue weighted by Crippen LogP contribution is -2.07. The summed E-state index contributed by atoms with van der Waals surface area (Å²) < 4.78 is 29.6. The summed E-state index contributed by atoms with van der Waals surface area (Å²) in [6.45, 7) is 0. The number of hydrogen-bond donors (Lipinski definition) is 0. The summed E-state index contributed by atoms with van der Waals surface area (Å²) in [6.07, 6.45) is -1.66. The van der Waals surface area contributed by atoms with Crippen LogP contribution in [0, 0.1) is 3.70 Å². The number of rotatable bonds is 2. The maximum atomic E-state index is 12.6. The van der Waals surface area contributed by atoms with Crippen LogP contribution in [-0.4, -0.2) is 18.1 Å². The van der Waals surface area contributed by atoms with Crippen molar-refractivity contribution in [3.63, 3.8) is 0 Å². The van der Waals surface area contributed by atoms with Crippen LogP contribution in [0.2, 0.25) is 5.02 Å². The minimum atomic E-state index is -2.78. The van der Waals surface area contributed by atoms with Gasteiger partial charge in [-0.15, -0.1) is 0 Å². The molecule has 0 bridgehead atoms. The van der Waals surface area contributed by atoms with Crippen molar-refractivity contribution in [2.24, 2.45) is 0 Å². The zero-order valence-corrected chi connectivity index (χ0v) is 10.3. The van der Waals surface area contributed by atoms with E-state index in [1.54, 1.807) is 22.6 Å². The van der Waals surface area contributed by atoms with Crippen molar-refractivity contribution < 1.29 is 18.3 Å². The maximum absolute atomic E-state index is 12.6. The van der Waals surface area contributed by atoms with E-state index in [2.05, 4.69) is 9.72 Å². The van der Waals surface area contributed by atoms with E-state index in [1.165, 1.54) is 0 Å². The van der Waals surface area contributed by atoms with E-state index in [-0.39, 0.29) is 14.3 Å². The average molecular weight is 347 g/mol. The van der Waals surface area contributed by atoms with Crippen molar-refractivity contribution in [1.82, 2.24) is 4.98 Å². The van der Waals surface area contributed by atoms with Gasteiger partial charge in [0.05, 0.1) is 23.3 Å². The Kier molecular flexibility index (Phi) is 4.21. The molecule has 82 valence electrons. The summed E-state index contributed by atoms with van der Waals surface area (Å²) in [5.41, 5.74) is -0.602. The number of hydrogen-bond acceptors (Lipinski definition) is 3. The highest BCUT2D eigenvalue weighted by molar-refractivity contribution is 14.1. The number of ether oxygens (including phenoxy) is 1. The Morgan fingerprint density at radius 1 is 1.67 bits per heavy atom. The Balaban J connectivity index is 3.35. The zero-order valence-electron chi connectivity index (χ0n) is 7.43. The largest absolute Gasteiger partial charge is 0.465 e. The first-order chi connectivity index (χ1) is 6.99. The first-order valence-electron chi connectivity index (χ1n) is 3.69. The molecule has 1 aromatic rings. The number of pyridine rings is 1. The van der Waals surface area contributed by atoms with Crippen LogP contribution < -0.4 is 0 Å². The molecule has 0 aliphatic carbocycles. The van der Waals surface area contributed by atoms with Gasteiger partial charge in [0, 0.05) is 6.20 Å². The van der Waals surface area contributed by atoms with Gasteiger partial charge in [-0.2, -0.15) is 0 Å². The van der Waals surface area contributed by atoms with Gasteiger partial charge in [-0.05, 0) is 22.6 Å². The Morgan fingerprint density at radius 2 is 2.27 bits per heavy atom. The lowest BCUT2D eigenvalue weighted by molar-refractivity contribution is 0.0600. The minimum absolute atomic E-state index is 0.0697. The number of nitrogens with zero attached hydrogens (tertiary/aromatic N) is 1. The van der Waals surface area contributed by atoms with E-state index >= 15 is 0 Å². The molecule has 0 saturated heterocycles. The third-order valence-electron chi connectivity index (χ3n) is 1.63. The number of carbonyl (C=O) groups is 1. The van der Waals surface area contributed by atoms with Gasteiger partial charge in [-0.3, -0.25) is 0 Å². The second-order valence-electron chi connectivity index (χ2n) is 2.48. The van der Waals surface area contributed by atoms with Crippen molar-refractivity contribution >= 4 is 40.2 Å². The predicted molar refractivity (Wildman–Crippen MR) is 58.3 cm³/mol. The fourth-order valence-electron chi connectivity index (χ4n) is 0.921. The molecule has 1 aromatic heterocycles. The van der Waals surface area contributed by atoms with E-state index in [0.717, 1.165) is 13.3 Å². The molecule has 0 spiro atoms. The van der Waals surface area contributed by atoms with Gasteiger partial charge >= 0.3 is 5.97 Å². The Labute approximate surface area is 103 Å². The van der Waals surface area contributed by atoms with Crippen molar-refractivity contribution in [2.75, 3.05) is 7.11 Å². The standard InChI is InChI=1S/C8H5ClF2INO2/c1-15-8(14)3-2-13-7(12)4(5(3)9)6(10)11/h2,6H,1H3. The molecule has 0 aliphatic heterocycles. The average Bonchev–Trinajstić information content (AvgIpc) is 2.16. The molecule has 7 heteroatoms. The number of esters is 1. The molecule has 0 saturated carbocycles. The van der Waals surface area contributed by atoms with Crippen LogP contribution in [0.15, 0.2) is 6.20 Å². The third-order valence-corrected chi connectivity index (χ3v) is 2.89. The summed E-state index contributed by atoms with van der Waals surface area (Å²) >= 11 is 7.28. The molecule has 0 radical (unpaired) electrons. The molecular weight excluding hydrogens is 342 g/mol. The van der Waals surface area contributed by atoms with Gasteiger partial charge in [0.2, 0.25) is 0 Å². The fourth-order valence-corrected chi connectivity index (χ4v) is 2.02. The maximum Gasteiger partial charge on any atom is 0.340 e. The summed E-state index contributed by atoms with van der Waals surface area (Å²) in [5, 5.41) is -0.309. The monoisotopic (exact) mass is 347 g/mol. The van der Waals surface area contributed by atoms with E-state index < -0.39 is 18.0 Å². The topological polar surface area (TPSA) is 39.2 Å². The van der Waals surface area contributed by atoms with Gasteiger partial charge < -0.3 is 4.74 Å². The van der Waals surface area contributed by atoms with Gasteiger partial charge in [-0.25, -0.2) is 18.6 Å². The first kappa shape index (κ1) is 12.6. The van der Waals surface area contributed by atoms with Gasteiger partial charge in [-0.1, -0.05) is 11.6 Å². The predicted octanol–water partition coefficient (Wildman–Crippen LogP) is 3.06. The molecular formula is C8H5ClF2INO2. The fraction of sp³-hybridized carbons (Fsp3) is 0.250. The molecule has 0 aliphatic rings. The SMILES string of the molecule is COC(=O)c1cnc(I)c(C(F)F)c1Cl. The van der Waals surface area contributed by atoms with Crippen molar-refractivity contribution in [3.8, 4) is 0 Å². The van der Waals surface area contributed by atoms with Crippen LogP contribution in [0.1, 0.15) is 22.3 Å². The number of aromatic nitrogens is 1. The second kappa shape index (κ2) is 5.02. The summed E-state index contributed by atoms with van der Waals surface area (Å²) in [7, 11) is 1.14. The third kappa shape index (κ3) is 2.54. The van der Waals surface area contributed by atoms with Crippen molar-refractivity contribution in [3.05, 3.63) is 26.0 Å². The zero-order chi connectivity index (χ0) is 11.6. The number of halogens is 4. The molecule has 0 atom stereocenters. The van der Waals surface area contributed by atoms with Crippen molar-refractivity contribution in [1.29, 1.82) is 0 Å². The van der Waals surface area contributed by atoms with E-state index in [1.807, 2.05) is 0 Å². The molecule has 0 unspecified atom stereocenters. The van der Waals surface area contributed by atoms with E-state index in [9.17, 15) is 13.6 Å². The molecule has 0 N–H and O–H groups in total. The highest BCUT2D eigenvalue weighted by Gasteiger charge is 2.23. The van der Waals surface area contributed by atoms with Crippen LogP contribution >= 0.6 is 34.2 Å². The molecule has 15 heavy (non-hydrogen) atoms. The van der Waals surface area contributed by atoms with Gasteiger partial charge in [0.15, 0.2) is 0 Å². The molecule has 0 aromatic carbocycles. The summed E-state index contributed by atoms with van der Waals surface area (Å²) in [6, 6.07) is 0. The highest BCUT2D eigenvalue weighted by Crippen LogP contribution is 2.32. The molecule has 3 nitrogen and oxygen atoms in total. The van der Waals surface area contributed by atoms with Crippen LogP contribution in [0.5, 0.6) is 0 Å². The van der Waals surface area contributed by atoms with Crippen LogP contribution in [0.3, 0.4) is 0 Å². The van der Waals surface area contributed by atoms with E-state index in [0.29, 0.717) is 0 Å². The summed E-state index contributed by atoms with van der Waals surface area (Å²) in [4.78, 5) is 14.8. The lowest BCUT2D eigenvalue weighted by Gasteiger charge is -2.08. The van der Waals surface area contributed by atoms with E-state index in [4.69, 9.17) is 11.6 Å². The Bertz CT molecular complexity index is 400. The number of carbonyl (C=O) groups excluding carboxylic acids is 1. The van der Waals surface area contributed by atoms with Crippen molar-refractivity contribution in [2.45, 2.75) is 6.43 Å². The number of alkyl halides is 2. The minimum Gasteiger partial charge on any atom is -0.465 e. The van der Waals surface area contributed by atoms with Crippen LogP contribution in [0.25, 0.3) is 0 Å². The smallest absolute Gasteiger partial charge is 0.340 e. The van der Waals surface area contributed by atoms with Gasteiger partial charge in [0.25, 0.3) is 6.43 Å². The highest BCUT2D eigenvalue weighted by atomic mass is 127. The summed E-state index contributed by atoms with van der Waals surface area (Å²) in [5.74, 6) is -0.786. The number of methoxy groups -OCH3 is 1. The van der Waals surface area contributed by atoms with Crippen LogP contribution in [0.4, 0.5) is 8.78 Å². The normalized spacial score (nSPS) is 10.5. The first-order valence-corrected chi connectivity index (χ1v) is 5.15. The quantitative estimate of drug-likeness (QED) is 0.469. The molecule has 0 fully saturated rings. The molecule has 1 rings (SSSR count). The Hall–Kier alpha value is -0.500.